The van der Waals surface area contributed by atoms with Crippen LogP contribution < -0.4 is 4.72 Å². The zero-order valence-corrected chi connectivity index (χ0v) is 13.2. The normalized spacial score (nSPS) is 33.8. The third kappa shape index (κ3) is 3.51. The van der Waals surface area contributed by atoms with E-state index < -0.39 is 15.7 Å². The lowest BCUT2D eigenvalue weighted by atomic mass is 9.79. The molecule has 2 rings (SSSR count). The molecular formula is C14H25N3O2S. The fourth-order valence-electron chi connectivity index (χ4n) is 3.03. The van der Waals surface area contributed by atoms with E-state index in [2.05, 4.69) is 24.6 Å². The van der Waals surface area contributed by atoms with Crippen molar-refractivity contribution >= 4 is 10.2 Å². The Morgan fingerprint density at radius 2 is 1.60 bits per heavy atom. The minimum Gasteiger partial charge on any atom is -0.196 e. The van der Waals surface area contributed by atoms with Crippen molar-refractivity contribution < 1.29 is 8.42 Å². The van der Waals surface area contributed by atoms with Crippen LogP contribution in [0.2, 0.25) is 0 Å². The van der Waals surface area contributed by atoms with Gasteiger partial charge in [0.2, 0.25) is 0 Å². The molecule has 6 heteroatoms. The van der Waals surface area contributed by atoms with E-state index in [1.807, 2.05) is 0 Å². The first kappa shape index (κ1) is 15.7. The van der Waals surface area contributed by atoms with Gasteiger partial charge in [0.25, 0.3) is 10.2 Å². The van der Waals surface area contributed by atoms with E-state index in [4.69, 9.17) is 0 Å². The van der Waals surface area contributed by atoms with E-state index in [1.165, 1.54) is 4.31 Å². The molecule has 0 unspecified atom stereocenters. The van der Waals surface area contributed by atoms with Crippen LogP contribution >= 0.6 is 0 Å². The molecule has 0 amide bonds. The first-order valence-corrected chi connectivity index (χ1v) is 9.01. The third-order valence-electron chi connectivity index (χ3n) is 4.75. The van der Waals surface area contributed by atoms with Gasteiger partial charge in [-0.15, -0.1) is 0 Å². The fraction of sp³-hybridized carbons (Fsp3) is 0.929. The molecule has 0 aromatic rings. The molecule has 2 aliphatic rings. The van der Waals surface area contributed by atoms with Gasteiger partial charge in [-0.1, -0.05) is 13.8 Å². The number of nitrogens with zero attached hydrogens (tertiary/aromatic N) is 2. The molecule has 114 valence electrons. The number of rotatable bonds is 3. The molecule has 0 aromatic carbocycles. The second-order valence-electron chi connectivity index (χ2n) is 6.57. The van der Waals surface area contributed by atoms with Gasteiger partial charge in [-0.05, 0) is 50.4 Å². The Morgan fingerprint density at radius 1 is 1.10 bits per heavy atom. The highest BCUT2D eigenvalue weighted by atomic mass is 32.2. The van der Waals surface area contributed by atoms with Crippen molar-refractivity contribution in [3.05, 3.63) is 0 Å². The number of nitrogens with one attached hydrogen (secondary N) is 1. The summed E-state index contributed by atoms with van der Waals surface area (Å²) in [4.78, 5) is 0. The first-order chi connectivity index (χ1) is 9.37. The van der Waals surface area contributed by atoms with Crippen LogP contribution in [-0.4, -0.2) is 31.4 Å². The van der Waals surface area contributed by atoms with Gasteiger partial charge in [0.1, 0.15) is 5.54 Å². The summed E-state index contributed by atoms with van der Waals surface area (Å²) in [6.07, 6.45) is 4.86. The molecule has 0 spiro atoms. The summed E-state index contributed by atoms with van der Waals surface area (Å²) in [5, 5.41) is 9.44. The second kappa shape index (κ2) is 6.00. The van der Waals surface area contributed by atoms with Crippen LogP contribution in [0.4, 0.5) is 0 Å². The largest absolute Gasteiger partial charge is 0.280 e. The SMILES string of the molecule is CC1CCN(S(=O)(=O)NC2(C#N)CCC(C)CC2)CC1. The molecule has 1 heterocycles. The van der Waals surface area contributed by atoms with Crippen LogP contribution in [0.15, 0.2) is 0 Å². The molecule has 5 nitrogen and oxygen atoms in total. The lowest BCUT2D eigenvalue weighted by Gasteiger charge is -2.37. The van der Waals surface area contributed by atoms with Crippen LogP contribution in [0.1, 0.15) is 52.4 Å². The Labute approximate surface area is 122 Å². The molecule has 0 bridgehead atoms. The van der Waals surface area contributed by atoms with Crippen LogP contribution in [0.3, 0.4) is 0 Å². The molecule has 0 radical (unpaired) electrons. The van der Waals surface area contributed by atoms with E-state index in [-0.39, 0.29) is 0 Å². The molecule has 1 aliphatic heterocycles. The zero-order chi connectivity index (χ0) is 14.8. The van der Waals surface area contributed by atoms with Crippen molar-refractivity contribution in [1.82, 2.24) is 9.03 Å². The van der Waals surface area contributed by atoms with E-state index in [1.54, 1.807) is 0 Å². The second-order valence-corrected chi connectivity index (χ2v) is 8.24. The maximum atomic E-state index is 12.5. The van der Waals surface area contributed by atoms with Crippen molar-refractivity contribution in [3.8, 4) is 6.07 Å². The molecule has 1 aliphatic carbocycles. The van der Waals surface area contributed by atoms with Crippen molar-refractivity contribution in [3.63, 3.8) is 0 Å². The summed E-state index contributed by atoms with van der Waals surface area (Å²) >= 11 is 0. The highest BCUT2D eigenvalue weighted by Gasteiger charge is 2.40. The molecule has 2 fully saturated rings. The Kier molecular flexibility index (Phi) is 4.73. The molecule has 0 aromatic heterocycles. The highest BCUT2D eigenvalue weighted by Crippen LogP contribution is 2.32. The third-order valence-corrected chi connectivity index (χ3v) is 6.44. The van der Waals surface area contributed by atoms with Gasteiger partial charge in [-0.25, -0.2) is 0 Å². The van der Waals surface area contributed by atoms with Gasteiger partial charge in [-0.3, -0.25) is 0 Å². The molecular weight excluding hydrogens is 274 g/mol. The number of nitriles is 1. The molecule has 0 atom stereocenters. The average Bonchev–Trinajstić information content (AvgIpc) is 2.42. The minimum absolute atomic E-state index is 0.564. The molecule has 1 saturated carbocycles. The Morgan fingerprint density at radius 3 is 2.10 bits per heavy atom. The Balaban J connectivity index is 2.05. The van der Waals surface area contributed by atoms with Gasteiger partial charge in [0.05, 0.1) is 6.07 Å². The van der Waals surface area contributed by atoms with Crippen LogP contribution in [0.5, 0.6) is 0 Å². The van der Waals surface area contributed by atoms with E-state index in [0.29, 0.717) is 37.8 Å². The van der Waals surface area contributed by atoms with Gasteiger partial charge in [0.15, 0.2) is 0 Å². The lowest BCUT2D eigenvalue weighted by Crippen LogP contribution is -2.55. The number of piperidine rings is 1. The van der Waals surface area contributed by atoms with Gasteiger partial charge >= 0.3 is 0 Å². The van der Waals surface area contributed by atoms with Gasteiger partial charge in [0, 0.05) is 13.1 Å². The topological polar surface area (TPSA) is 73.2 Å². The van der Waals surface area contributed by atoms with Crippen molar-refractivity contribution in [2.24, 2.45) is 11.8 Å². The standard InChI is InChI=1S/C14H25N3O2S/c1-12-3-7-14(11-15,8-4-12)16-20(18,19)17-9-5-13(2)6-10-17/h12-13,16H,3-10H2,1-2H3. The predicted molar refractivity (Wildman–Crippen MR) is 78.0 cm³/mol. The van der Waals surface area contributed by atoms with E-state index >= 15 is 0 Å². The Hall–Kier alpha value is -0.640. The summed E-state index contributed by atoms with van der Waals surface area (Å²) in [6.45, 7) is 5.43. The molecule has 20 heavy (non-hydrogen) atoms. The van der Waals surface area contributed by atoms with Gasteiger partial charge in [-0.2, -0.15) is 22.7 Å². The maximum Gasteiger partial charge on any atom is 0.280 e. The zero-order valence-electron chi connectivity index (χ0n) is 12.4. The first-order valence-electron chi connectivity index (χ1n) is 7.57. The molecule has 1 saturated heterocycles. The van der Waals surface area contributed by atoms with E-state index in [0.717, 1.165) is 25.7 Å². The van der Waals surface area contributed by atoms with E-state index in [9.17, 15) is 13.7 Å². The summed E-state index contributed by atoms with van der Waals surface area (Å²) in [5.41, 5.74) is -0.894. The lowest BCUT2D eigenvalue weighted by molar-refractivity contribution is 0.255. The quantitative estimate of drug-likeness (QED) is 0.866. The van der Waals surface area contributed by atoms with Crippen LogP contribution in [0, 0.1) is 23.2 Å². The smallest absolute Gasteiger partial charge is 0.196 e. The minimum atomic E-state index is -3.53. The highest BCUT2D eigenvalue weighted by molar-refractivity contribution is 7.87. The van der Waals surface area contributed by atoms with Crippen molar-refractivity contribution in [1.29, 1.82) is 5.26 Å². The Bertz CT molecular complexity index is 467. The summed E-state index contributed by atoms with van der Waals surface area (Å²) < 4.78 is 29.1. The van der Waals surface area contributed by atoms with Crippen LogP contribution in [0.25, 0.3) is 0 Å². The molecule has 1 N–H and O–H groups in total. The van der Waals surface area contributed by atoms with Crippen LogP contribution in [-0.2, 0) is 10.2 Å². The monoisotopic (exact) mass is 299 g/mol. The number of hydrogen-bond donors (Lipinski definition) is 1. The van der Waals surface area contributed by atoms with Crippen molar-refractivity contribution in [2.75, 3.05) is 13.1 Å². The van der Waals surface area contributed by atoms with Gasteiger partial charge < -0.3 is 0 Å². The summed E-state index contributed by atoms with van der Waals surface area (Å²) in [6, 6.07) is 2.23. The maximum absolute atomic E-state index is 12.5. The predicted octanol–water partition coefficient (Wildman–Crippen LogP) is 2.03. The summed E-state index contributed by atoms with van der Waals surface area (Å²) in [7, 11) is -3.53. The number of hydrogen-bond acceptors (Lipinski definition) is 3. The summed E-state index contributed by atoms with van der Waals surface area (Å²) in [5.74, 6) is 1.17. The average molecular weight is 299 g/mol. The van der Waals surface area contributed by atoms with Crippen molar-refractivity contribution in [2.45, 2.75) is 57.9 Å². The fourth-order valence-corrected chi connectivity index (χ4v) is 4.59.